The van der Waals surface area contributed by atoms with E-state index in [1.54, 1.807) is 0 Å². The van der Waals surface area contributed by atoms with Gasteiger partial charge in [0, 0.05) is 12.6 Å². The molecular weight excluding hydrogens is 176 g/mol. The minimum atomic E-state index is -0.0805. The molecule has 78 valence electrons. The van der Waals surface area contributed by atoms with E-state index in [1.807, 2.05) is 38.1 Å². The number of benzene rings is 1. The van der Waals surface area contributed by atoms with E-state index < -0.39 is 0 Å². The quantitative estimate of drug-likeness (QED) is 0.762. The average Bonchev–Trinajstić information content (AvgIpc) is 2.17. The van der Waals surface area contributed by atoms with Crippen molar-refractivity contribution in [2.24, 2.45) is 11.5 Å². The summed E-state index contributed by atoms with van der Waals surface area (Å²) in [6.45, 7) is 4.46. The predicted molar refractivity (Wildman–Crippen MR) is 58.2 cm³/mol. The van der Waals surface area contributed by atoms with Gasteiger partial charge in [0.1, 0.15) is 5.75 Å². The highest BCUT2D eigenvalue weighted by atomic mass is 16.5. The van der Waals surface area contributed by atoms with Crippen molar-refractivity contribution in [1.29, 1.82) is 0 Å². The first kappa shape index (κ1) is 11.0. The van der Waals surface area contributed by atoms with Gasteiger partial charge in [-0.3, -0.25) is 0 Å². The fourth-order valence-corrected chi connectivity index (χ4v) is 1.20. The minimum absolute atomic E-state index is 0.0805. The molecule has 0 bridgehead atoms. The van der Waals surface area contributed by atoms with Gasteiger partial charge in [-0.15, -0.1) is 0 Å². The average molecular weight is 194 g/mol. The van der Waals surface area contributed by atoms with Crippen LogP contribution >= 0.6 is 0 Å². The lowest BCUT2D eigenvalue weighted by atomic mass is 10.1. The summed E-state index contributed by atoms with van der Waals surface area (Å²) < 4.78 is 5.51. The molecule has 0 saturated heterocycles. The topological polar surface area (TPSA) is 61.3 Å². The molecule has 0 spiro atoms. The molecule has 0 aliphatic heterocycles. The monoisotopic (exact) mass is 194 g/mol. The number of hydrogen-bond donors (Lipinski definition) is 2. The zero-order chi connectivity index (χ0) is 10.6. The SMILES string of the molecule is CC(C)Oc1ccc([C@H](N)CN)cc1. The second kappa shape index (κ2) is 4.98. The molecule has 0 aliphatic carbocycles. The molecule has 4 N–H and O–H groups in total. The number of ether oxygens (including phenoxy) is 1. The first-order chi connectivity index (χ1) is 6.63. The number of nitrogens with two attached hydrogens (primary N) is 2. The molecule has 3 heteroatoms. The molecule has 0 aliphatic rings. The maximum atomic E-state index is 5.78. The summed E-state index contributed by atoms with van der Waals surface area (Å²) in [5, 5.41) is 0. The molecule has 0 saturated carbocycles. The first-order valence-corrected chi connectivity index (χ1v) is 4.85. The van der Waals surface area contributed by atoms with Crippen LogP contribution in [-0.2, 0) is 0 Å². The molecule has 1 rings (SSSR count). The van der Waals surface area contributed by atoms with Gasteiger partial charge in [-0.1, -0.05) is 12.1 Å². The summed E-state index contributed by atoms with van der Waals surface area (Å²) in [5.41, 5.74) is 12.3. The molecule has 0 fully saturated rings. The van der Waals surface area contributed by atoms with Crippen LogP contribution in [0, 0.1) is 0 Å². The summed E-state index contributed by atoms with van der Waals surface area (Å²) >= 11 is 0. The van der Waals surface area contributed by atoms with Gasteiger partial charge in [-0.2, -0.15) is 0 Å². The van der Waals surface area contributed by atoms with Crippen molar-refractivity contribution in [3.05, 3.63) is 29.8 Å². The van der Waals surface area contributed by atoms with Crippen LogP contribution in [0.4, 0.5) is 0 Å². The molecule has 14 heavy (non-hydrogen) atoms. The zero-order valence-electron chi connectivity index (χ0n) is 8.73. The Hall–Kier alpha value is -1.06. The summed E-state index contributed by atoms with van der Waals surface area (Å²) in [7, 11) is 0. The smallest absolute Gasteiger partial charge is 0.119 e. The lowest BCUT2D eigenvalue weighted by Crippen LogP contribution is -2.20. The van der Waals surface area contributed by atoms with Gasteiger partial charge in [0.25, 0.3) is 0 Å². The Morgan fingerprint density at radius 1 is 1.21 bits per heavy atom. The van der Waals surface area contributed by atoms with E-state index in [1.165, 1.54) is 0 Å². The van der Waals surface area contributed by atoms with Gasteiger partial charge in [-0.25, -0.2) is 0 Å². The summed E-state index contributed by atoms with van der Waals surface area (Å²) in [6, 6.07) is 7.67. The zero-order valence-corrected chi connectivity index (χ0v) is 8.73. The van der Waals surface area contributed by atoms with E-state index in [9.17, 15) is 0 Å². The Kier molecular flexibility index (Phi) is 3.92. The third-order valence-electron chi connectivity index (χ3n) is 1.93. The van der Waals surface area contributed by atoms with Crippen molar-refractivity contribution in [1.82, 2.24) is 0 Å². The largest absolute Gasteiger partial charge is 0.491 e. The summed E-state index contributed by atoms with van der Waals surface area (Å²) in [6.07, 6.45) is 0.198. The van der Waals surface area contributed by atoms with Gasteiger partial charge in [0.05, 0.1) is 6.10 Å². The van der Waals surface area contributed by atoms with E-state index in [-0.39, 0.29) is 12.1 Å². The maximum absolute atomic E-state index is 5.78. The van der Waals surface area contributed by atoms with Crippen LogP contribution < -0.4 is 16.2 Å². The Labute approximate surface area is 85.0 Å². The Bertz CT molecular complexity index is 269. The fraction of sp³-hybridized carbons (Fsp3) is 0.455. The fourth-order valence-electron chi connectivity index (χ4n) is 1.20. The Balaban J connectivity index is 2.68. The van der Waals surface area contributed by atoms with Crippen LogP contribution in [0.25, 0.3) is 0 Å². The van der Waals surface area contributed by atoms with Gasteiger partial charge in [0.15, 0.2) is 0 Å². The molecule has 0 unspecified atom stereocenters. The predicted octanol–water partition coefficient (Wildman–Crippen LogP) is 1.43. The van der Waals surface area contributed by atoms with Crippen molar-refractivity contribution < 1.29 is 4.74 Å². The van der Waals surface area contributed by atoms with Crippen molar-refractivity contribution in [3.63, 3.8) is 0 Å². The van der Waals surface area contributed by atoms with Crippen LogP contribution in [0.2, 0.25) is 0 Å². The first-order valence-electron chi connectivity index (χ1n) is 4.85. The third-order valence-corrected chi connectivity index (χ3v) is 1.93. The van der Waals surface area contributed by atoms with Crippen LogP contribution in [0.15, 0.2) is 24.3 Å². The summed E-state index contributed by atoms with van der Waals surface area (Å²) in [4.78, 5) is 0. The molecular formula is C11H18N2O. The van der Waals surface area contributed by atoms with Crippen LogP contribution in [-0.4, -0.2) is 12.6 Å². The lowest BCUT2D eigenvalue weighted by molar-refractivity contribution is 0.242. The molecule has 1 aromatic rings. The number of rotatable bonds is 4. The normalized spacial score (nSPS) is 12.9. The third kappa shape index (κ3) is 3.01. The van der Waals surface area contributed by atoms with Crippen molar-refractivity contribution in [3.8, 4) is 5.75 Å². The highest BCUT2D eigenvalue weighted by molar-refractivity contribution is 5.29. The van der Waals surface area contributed by atoms with E-state index in [0.717, 1.165) is 11.3 Å². The van der Waals surface area contributed by atoms with E-state index >= 15 is 0 Å². The van der Waals surface area contributed by atoms with Crippen molar-refractivity contribution in [2.75, 3.05) is 6.54 Å². The Morgan fingerprint density at radius 2 is 1.79 bits per heavy atom. The standard InChI is InChI=1S/C11H18N2O/c1-8(2)14-10-5-3-9(4-6-10)11(13)7-12/h3-6,8,11H,7,12-13H2,1-2H3/t11-/m1/s1. The minimum Gasteiger partial charge on any atom is -0.491 e. The van der Waals surface area contributed by atoms with Crippen LogP contribution in [0.3, 0.4) is 0 Å². The van der Waals surface area contributed by atoms with E-state index in [0.29, 0.717) is 6.54 Å². The van der Waals surface area contributed by atoms with E-state index in [2.05, 4.69) is 0 Å². The molecule has 0 aromatic heterocycles. The molecule has 1 atom stereocenters. The Morgan fingerprint density at radius 3 is 2.21 bits per heavy atom. The molecule has 1 aromatic carbocycles. The second-order valence-electron chi connectivity index (χ2n) is 3.58. The number of hydrogen-bond acceptors (Lipinski definition) is 3. The van der Waals surface area contributed by atoms with Gasteiger partial charge >= 0.3 is 0 Å². The van der Waals surface area contributed by atoms with Gasteiger partial charge in [0.2, 0.25) is 0 Å². The lowest BCUT2D eigenvalue weighted by Gasteiger charge is -2.12. The van der Waals surface area contributed by atoms with Crippen LogP contribution in [0.1, 0.15) is 25.5 Å². The molecule has 0 amide bonds. The molecule has 3 nitrogen and oxygen atoms in total. The summed E-state index contributed by atoms with van der Waals surface area (Å²) in [5.74, 6) is 0.868. The maximum Gasteiger partial charge on any atom is 0.119 e. The van der Waals surface area contributed by atoms with Gasteiger partial charge in [-0.05, 0) is 31.5 Å². The highest BCUT2D eigenvalue weighted by Gasteiger charge is 2.03. The van der Waals surface area contributed by atoms with Crippen LogP contribution in [0.5, 0.6) is 5.75 Å². The van der Waals surface area contributed by atoms with E-state index in [4.69, 9.17) is 16.2 Å². The second-order valence-corrected chi connectivity index (χ2v) is 3.58. The molecule has 0 heterocycles. The van der Waals surface area contributed by atoms with Gasteiger partial charge < -0.3 is 16.2 Å². The van der Waals surface area contributed by atoms with Crippen molar-refractivity contribution >= 4 is 0 Å². The van der Waals surface area contributed by atoms with Crippen molar-refractivity contribution in [2.45, 2.75) is 26.0 Å². The molecule has 0 radical (unpaired) electrons. The highest BCUT2D eigenvalue weighted by Crippen LogP contribution is 2.16.